The van der Waals surface area contributed by atoms with E-state index in [-0.39, 0.29) is 11.0 Å². The van der Waals surface area contributed by atoms with Crippen LogP contribution in [0.1, 0.15) is 31.4 Å². The van der Waals surface area contributed by atoms with Gasteiger partial charge in [-0.25, -0.2) is 4.98 Å². The van der Waals surface area contributed by atoms with Gasteiger partial charge >= 0.3 is 0 Å². The Labute approximate surface area is 120 Å². The van der Waals surface area contributed by atoms with Crippen LogP contribution in [0.2, 0.25) is 0 Å². The lowest BCUT2D eigenvalue weighted by Crippen LogP contribution is -2.37. The molecule has 6 heteroatoms. The summed E-state index contributed by atoms with van der Waals surface area (Å²) >= 11 is 0. The summed E-state index contributed by atoms with van der Waals surface area (Å²) in [4.78, 5) is 17.4. The van der Waals surface area contributed by atoms with Gasteiger partial charge in [0, 0.05) is 11.0 Å². The van der Waals surface area contributed by atoms with Gasteiger partial charge in [-0.3, -0.25) is 4.79 Å². The van der Waals surface area contributed by atoms with E-state index in [1.54, 1.807) is 0 Å². The molecular weight excluding hydrogens is 266 g/mol. The molecule has 1 aliphatic carbocycles. The molecule has 21 heavy (non-hydrogen) atoms. The number of fused-ring (bicyclic) bond motifs is 4. The summed E-state index contributed by atoms with van der Waals surface area (Å²) in [6.07, 6.45) is 1.72. The Morgan fingerprint density at radius 3 is 3.00 bits per heavy atom. The summed E-state index contributed by atoms with van der Waals surface area (Å²) in [6, 6.07) is 8.13. The number of hydrogen-bond acceptors (Lipinski definition) is 4. The first-order valence-corrected chi connectivity index (χ1v) is 7.06. The zero-order chi connectivity index (χ0) is 14.6. The molecule has 1 N–H and O–H groups in total. The SMILES string of the molecule is CC[C@]1(C)Cc2ccccc2-c2nc3nn[nH]n3c(=O)c21. The van der Waals surface area contributed by atoms with E-state index in [0.29, 0.717) is 5.78 Å². The van der Waals surface area contributed by atoms with E-state index in [2.05, 4.69) is 40.4 Å². The van der Waals surface area contributed by atoms with Crippen molar-refractivity contribution in [2.45, 2.75) is 32.1 Å². The minimum absolute atomic E-state index is 0.0983. The molecule has 0 unspecified atom stereocenters. The van der Waals surface area contributed by atoms with E-state index in [4.69, 9.17) is 0 Å². The molecule has 0 radical (unpaired) electrons. The zero-order valence-corrected chi connectivity index (χ0v) is 11.9. The van der Waals surface area contributed by atoms with Gasteiger partial charge in [-0.15, -0.1) is 0 Å². The Morgan fingerprint density at radius 1 is 1.38 bits per heavy atom. The lowest BCUT2D eigenvalue weighted by Gasteiger charge is -2.34. The average molecular weight is 281 g/mol. The largest absolute Gasteiger partial charge is 0.279 e. The number of tetrazole rings is 1. The number of aromatic amines is 1. The normalized spacial score (nSPS) is 20.3. The third-order valence-corrected chi connectivity index (χ3v) is 4.59. The van der Waals surface area contributed by atoms with Crippen molar-refractivity contribution in [1.82, 2.24) is 25.0 Å². The molecule has 0 fully saturated rings. The standard InChI is InChI=1S/C15H15N5O/c1-3-15(2)8-9-6-4-5-7-10(9)12-11(15)13(21)20-14(16-12)17-18-19-20/h4-7H,3,8H2,1-2H3,(H,16,17,19)/t15-/m1/s1. The lowest BCUT2D eigenvalue weighted by atomic mass is 9.69. The summed E-state index contributed by atoms with van der Waals surface area (Å²) in [5.41, 5.74) is 3.45. The van der Waals surface area contributed by atoms with Gasteiger partial charge in [-0.2, -0.15) is 9.73 Å². The van der Waals surface area contributed by atoms with Gasteiger partial charge in [0.05, 0.1) is 11.3 Å². The highest BCUT2D eigenvalue weighted by molar-refractivity contribution is 5.72. The summed E-state index contributed by atoms with van der Waals surface area (Å²) in [7, 11) is 0. The van der Waals surface area contributed by atoms with Gasteiger partial charge in [0.1, 0.15) is 0 Å². The third-order valence-electron chi connectivity index (χ3n) is 4.59. The number of aromatic nitrogens is 5. The molecule has 2 aromatic heterocycles. The summed E-state index contributed by atoms with van der Waals surface area (Å²) < 4.78 is 1.32. The average Bonchev–Trinajstić information content (AvgIpc) is 2.96. The molecule has 4 rings (SSSR count). The number of rotatable bonds is 1. The highest BCUT2D eigenvalue weighted by Gasteiger charge is 2.37. The second-order valence-electron chi connectivity index (χ2n) is 5.82. The van der Waals surface area contributed by atoms with E-state index in [0.717, 1.165) is 29.7 Å². The smallest absolute Gasteiger partial charge is 0.267 e. The third kappa shape index (κ3) is 1.53. The summed E-state index contributed by atoms with van der Waals surface area (Å²) in [5, 5.41) is 10.2. The van der Waals surface area contributed by atoms with Crippen LogP contribution in [0, 0.1) is 0 Å². The second kappa shape index (κ2) is 4.00. The molecular formula is C15H15N5O. The molecule has 6 nitrogen and oxygen atoms in total. The fourth-order valence-electron chi connectivity index (χ4n) is 3.23. The van der Waals surface area contributed by atoms with Crippen LogP contribution in [-0.2, 0) is 11.8 Å². The summed E-state index contributed by atoms with van der Waals surface area (Å²) in [6.45, 7) is 4.23. The van der Waals surface area contributed by atoms with Crippen LogP contribution < -0.4 is 5.56 Å². The molecule has 1 aromatic carbocycles. The molecule has 0 amide bonds. The number of nitrogens with one attached hydrogen (secondary N) is 1. The molecule has 3 aromatic rings. The van der Waals surface area contributed by atoms with E-state index < -0.39 is 0 Å². The molecule has 0 spiro atoms. The van der Waals surface area contributed by atoms with Crippen LogP contribution in [0.5, 0.6) is 0 Å². The van der Waals surface area contributed by atoms with Gasteiger partial charge in [-0.05, 0) is 23.6 Å². The fraction of sp³-hybridized carbons (Fsp3) is 0.333. The Bertz CT molecular complexity index is 910. The molecule has 0 bridgehead atoms. The van der Waals surface area contributed by atoms with Crippen molar-refractivity contribution in [3.63, 3.8) is 0 Å². The molecule has 2 heterocycles. The van der Waals surface area contributed by atoms with Crippen molar-refractivity contribution < 1.29 is 0 Å². The minimum atomic E-state index is -0.222. The van der Waals surface area contributed by atoms with Crippen LogP contribution >= 0.6 is 0 Å². The van der Waals surface area contributed by atoms with Crippen LogP contribution in [0.15, 0.2) is 29.1 Å². The van der Waals surface area contributed by atoms with Gasteiger partial charge < -0.3 is 0 Å². The van der Waals surface area contributed by atoms with Gasteiger partial charge in [0.15, 0.2) is 0 Å². The van der Waals surface area contributed by atoms with E-state index in [1.807, 2.05) is 18.2 Å². The highest BCUT2D eigenvalue weighted by atomic mass is 16.1. The maximum Gasteiger partial charge on any atom is 0.279 e. The van der Waals surface area contributed by atoms with Gasteiger partial charge in [0.25, 0.3) is 11.3 Å². The Morgan fingerprint density at radius 2 is 2.19 bits per heavy atom. The molecule has 0 saturated heterocycles. The number of H-pyrrole nitrogens is 1. The van der Waals surface area contributed by atoms with Crippen molar-refractivity contribution >= 4 is 5.78 Å². The number of nitrogens with zero attached hydrogens (tertiary/aromatic N) is 4. The Kier molecular flexibility index (Phi) is 2.34. The van der Waals surface area contributed by atoms with Crippen molar-refractivity contribution in [1.29, 1.82) is 0 Å². The van der Waals surface area contributed by atoms with Crippen molar-refractivity contribution in [2.75, 3.05) is 0 Å². The first kappa shape index (κ1) is 12.3. The molecule has 1 atom stereocenters. The zero-order valence-electron chi connectivity index (χ0n) is 11.9. The van der Waals surface area contributed by atoms with E-state index >= 15 is 0 Å². The molecule has 1 aliphatic rings. The Hall–Kier alpha value is -2.50. The first-order valence-electron chi connectivity index (χ1n) is 7.06. The van der Waals surface area contributed by atoms with Gasteiger partial charge in [0.2, 0.25) is 0 Å². The molecule has 0 aliphatic heterocycles. The topological polar surface area (TPSA) is 75.9 Å². The quantitative estimate of drug-likeness (QED) is 0.736. The van der Waals surface area contributed by atoms with Gasteiger partial charge in [-0.1, -0.05) is 43.2 Å². The van der Waals surface area contributed by atoms with E-state index in [1.165, 1.54) is 10.1 Å². The fourth-order valence-corrected chi connectivity index (χ4v) is 3.23. The molecule has 0 saturated carbocycles. The van der Waals surface area contributed by atoms with Crippen molar-refractivity contribution in [3.8, 4) is 11.3 Å². The van der Waals surface area contributed by atoms with Crippen LogP contribution in [0.4, 0.5) is 0 Å². The van der Waals surface area contributed by atoms with Crippen LogP contribution in [0.3, 0.4) is 0 Å². The van der Waals surface area contributed by atoms with Crippen LogP contribution in [0.25, 0.3) is 17.0 Å². The summed E-state index contributed by atoms with van der Waals surface area (Å²) in [5.74, 6) is 0.314. The predicted octanol–water partition coefficient (Wildman–Crippen LogP) is 1.70. The maximum atomic E-state index is 12.8. The first-order chi connectivity index (χ1) is 10.1. The van der Waals surface area contributed by atoms with E-state index in [9.17, 15) is 4.79 Å². The predicted molar refractivity (Wildman–Crippen MR) is 78.2 cm³/mol. The number of benzene rings is 1. The number of hydrogen-bond donors (Lipinski definition) is 1. The highest BCUT2D eigenvalue weighted by Crippen LogP contribution is 2.42. The van der Waals surface area contributed by atoms with Crippen molar-refractivity contribution in [3.05, 3.63) is 45.7 Å². The van der Waals surface area contributed by atoms with Crippen LogP contribution in [-0.4, -0.2) is 25.0 Å². The van der Waals surface area contributed by atoms with Crippen molar-refractivity contribution in [2.24, 2.45) is 0 Å². The molecule has 106 valence electrons. The Balaban J connectivity index is 2.19. The lowest BCUT2D eigenvalue weighted by molar-refractivity contribution is 0.438. The monoisotopic (exact) mass is 281 g/mol. The minimum Gasteiger partial charge on any atom is -0.267 e. The second-order valence-corrected chi connectivity index (χ2v) is 5.82. The maximum absolute atomic E-state index is 12.8.